The van der Waals surface area contributed by atoms with Gasteiger partial charge in [0.15, 0.2) is 0 Å². The van der Waals surface area contributed by atoms with Crippen molar-refractivity contribution in [2.24, 2.45) is 0 Å². The highest BCUT2D eigenvalue weighted by molar-refractivity contribution is 5.91. The number of fused-ring (bicyclic) bond motifs is 1. The lowest BCUT2D eigenvalue weighted by molar-refractivity contribution is -0.629. The van der Waals surface area contributed by atoms with Crippen LogP contribution in [0.1, 0.15) is 33.3 Å². The Labute approximate surface area is 151 Å². The van der Waals surface area contributed by atoms with Gasteiger partial charge in [-0.15, -0.1) is 0 Å². The smallest absolute Gasteiger partial charge is 0.308 e. The molecular weight excluding hydrogens is 316 g/mol. The van der Waals surface area contributed by atoms with E-state index in [4.69, 9.17) is 4.74 Å². The molecule has 142 valence electrons. The van der Waals surface area contributed by atoms with Crippen molar-refractivity contribution in [3.8, 4) is 5.75 Å². The van der Waals surface area contributed by atoms with E-state index in [9.17, 15) is 4.79 Å². The molecule has 1 aromatic carbocycles. The lowest BCUT2D eigenvalue weighted by Crippen LogP contribution is -2.80. The average molecular weight is 353 g/mol. The van der Waals surface area contributed by atoms with Crippen LogP contribution in [0.15, 0.2) is 24.4 Å². The molecule has 1 heterocycles. The summed E-state index contributed by atoms with van der Waals surface area (Å²) in [7, 11) is 2.08. The zero-order chi connectivity index (χ0) is 17.8. The van der Waals surface area contributed by atoms with Gasteiger partial charge in [-0.05, 0) is 37.2 Å². The minimum Gasteiger partial charge on any atom is -0.426 e. The van der Waals surface area contributed by atoms with Crippen molar-refractivity contribution >= 4 is 16.9 Å². The van der Waals surface area contributed by atoms with Crippen LogP contribution in [0.3, 0.4) is 0 Å². The van der Waals surface area contributed by atoms with E-state index in [0.29, 0.717) is 5.75 Å². The number of H-pyrrole nitrogens is 1. The lowest BCUT2D eigenvalue weighted by atomic mass is 10.1. The zero-order valence-electron chi connectivity index (χ0n) is 15.2. The Bertz CT molecular complexity index is 606. The summed E-state index contributed by atoms with van der Waals surface area (Å²) >= 11 is 0. The minimum absolute atomic E-state index is 0. The van der Waals surface area contributed by atoms with Gasteiger partial charge in [0.1, 0.15) is 5.75 Å². The van der Waals surface area contributed by atoms with Crippen LogP contribution in [0.25, 0.3) is 10.9 Å². The Morgan fingerprint density at radius 1 is 1.40 bits per heavy atom. The first-order valence-electron chi connectivity index (χ1n) is 8.69. The van der Waals surface area contributed by atoms with E-state index in [0.717, 1.165) is 37.0 Å². The number of ether oxygens (including phenoxy) is 1. The first-order chi connectivity index (χ1) is 11.6. The van der Waals surface area contributed by atoms with Gasteiger partial charge >= 0.3 is 5.97 Å². The maximum absolute atomic E-state index is 11.1. The Morgan fingerprint density at radius 3 is 2.72 bits per heavy atom. The van der Waals surface area contributed by atoms with Crippen LogP contribution in [0.5, 0.6) is 5.75 Å². The molecule has 2 rings (SSSR count). The van der Waals surface area contributed by atoms with Gasteiger partial charge in [-0.3, -0.25) is 4.79 Å². The Hall–Kier alpha value is -1.89. The standard InChI is InChI=1S/C14H18N2O2.C4H12N2.CH4/c1-3-15-8-7-11-9-16-12-5-4-6-13(14(11)12)18-10(2)17;1-6-4-2-3-5;/h4-6,9,15-16H,3,7-8H2,1-2H3;6H,2-5H2,1H3;1H4/p+2. The summed E-state index contributed by atoms with van der Waals surface area (Å²) in [5.41, 5.74) is 5.87. The van der Waals surface area contributed by atoms with E-state index in [-0.39, 0.29) is 13.4 Å². The largest absolute Gasteiger partial charge is 0.426 e. The number of hydrogen-bond donors (Lipinski definition) is 4. The van der Waals surface area contributed by atoms with Gasteiger partial charge in [0.2, 0.25) is 0 Å². The molecule has 0 saturated carbocycles. The molecule has 0 amide bonds. The summed E-state index contributed by atoms with van der Waals surface area (Å²) in [6.45, 7) is 7.67. The molecule has 0 saturated heterocycles. The van der Waals surface area contributed by atoms with E-state index >= 15 is 0 Å². The summed E-state index contributed by atoms with van der Waals surface area (Å²) in [5.74, 6) is 0.342. The monoisotopic (exact) mass is 352 g/mol. The van der Waals surface area contributed by atoms with Gasteiger partial charge in [-0.2, -0.15) is 0 Å². The first kappa shape index (κ1) is 23.1. The van der Waals surface area contributed by atoms with Gasteiger partial charge in [0, 0.05) is 30.4 Å². The molecule has 0 aliphatic rings. The molecule has 0 aliphatic carbocycles. The minimum atomic E-state index is -0.290. The third-order valence-electron chi connectivity index (χ3n) is 3.57. The second kappa shape index (κ2) is 13.4. The predicted octanol–water partition coefficient (Wildman–Crippen LogP) is 0.693. The van der Waals surface area contributed by atoms with E-state index in [1.54, 1.807) is 0 Å². The molecule has 7 N–H and O–H groups in total. The summed E-state index contributed by atoms with van der Waals surface area (Å²) in [6.07, 6.45) is 4.14. The Morgan fingerprint density at radius 2 is 2.16 bits per heavy atom. The van der Waals surface area contributed by atoms with Gasteiger partial charge in [0.05, 0.1) is 20.1 Å². The highest BCUT2D eigenvalue weighted by Crippen LogP contribution is 2.29. The molecule has 0 radical (unpaired) electrons. The average Bonchev–Trinajstić information content (AvgIpc) is 2.98. The highest BCUT2D eigenvalue weighted by Gasteiger charge is 2.10. The van der Waals surface area contributed by atoms with Gasteiger partial charge < -0.3 is 26.1 Å². The number of likely N-dealkylation sites (N-methyl/N-ethyl adjacent to an activating group) is 1. The van der Waals surface area contributed by atoms with Crippen LogP contribution < -0.4 is 21.1 Å². The second-order valence-electron chi connectivity index (χ2n) is 5.59. The molecule has 0 unspecified atom stereocenters. The lowest BCUT2D eigenvalue weighted by Gasteiger charge is -2.06. The molecule has 1 aromatic heterocycles. The SMILES string of the molecule is C.CCNCCc1c[nH]c2cccc(OC(C)=O)c12.C[NH2+]CCC[NH3+]. The summed E-state index contributed by atoms with van der Waals surface area (Å²) in [5, 5.41) is 6.47. The number of quaternary nitrogens is 2. The van der Waals surface area contributed by atoms with E-state index in [2.05, 4.69) is 35.3 Å². The molecule has 0 atom stereocenters. The third-order valence-corrected chi connectivity index (χ3v) is 3.57. The number of nitrogens with one attached hydrogen (secondary N) is 2. The number of aromatic nitrogens is 1. The molecule has 6 nitrogen and oxygen atoms in total. The molecule has 25 heavy (non-hydrogen) atoms. The van der Waals surface area contributed by atoms with E-state index in [1.165, 1.54) is 25.5 Å². The molecular formula is C19H36N4O2+2. The number of benzene rings is 1. The van der Waals surface area contributed by atoms with E-state index < -0.39 is 0 Å². The van der Waals surface area contributed by atoms with Crippen LogP contribution in [-0.2, 0) is 11.2 Å². The van der Waals surface area contributed by atoms with Crippen LogP contribution >= 0.6 is 0 Å². The number of esters is 1. The van der Waals surface area contributed by atoms with Crippen molar-refractivity contribution in [1.82, 2.24) is 10.3 Å². The number of hydrogen-bond acceptors (Lipinski definition) is 3. The molecule has 2 aromatic rings. The summed E-state index contributed by atoms with van der Waals surface area (Å²) < 4.78 is 5.25. The normalized spacial score (nSPS) is 9.92. The number of nitrogens with two attached hydrogens (primary N) is 1. The quantitative estimate of drug-likeness (QED) is 0.320. The van der Waals surface area contributed by atoms with Gasteiger partial charge in [-0.25, -0.2) is 0 Å². The third kappa shape index (κ3) is 8.16. The van der Waals surface area contributed by atoms with Crippen molar-refractivity contribution in [1.29, 1.82) is 0 Å². The fraction of sp³-hybridized carbons (Fsp3) is 0.526. The topological polar surface area (TPSA) is 98.4 Å². The molecule has 0 bridgehead atoms. The van der Waals surface area contributed by atoms with Gasteiger partial charge in [0.25, 0.3) is 0 Å². The van der Waals surface area contributed by atoms with Crippen molar-refractivity contribution in [3.05, 3.63) is 30.0 Å². The van der Waals surface area contributed by atoms with Crippen molar-refractivity contribution in [3.63, 3.8) is 0 Å². The molecule has 0 spiro atoms. The predicted molar refractivity (Wildman–Crippen MR) is 104 cm³/mol. The maximum atomic E-state index is 11.1. The Balaban J connectivity index is 0.000000715. The fourth-order valence-corrected chi connectivity index (χ4v) is 2.41. The van der Waals surface area contributed by atoms with Crippen molar-refractivity contribution < 1.29 is 20.6 Å². The van der Waals surface area contributed by atoms with E-state index in [1.807, 2.05) is 24.4 Å². The molecule has 0 fully saturated rings. The van der Waals surface area contributed by atoms with Crippen LogP contribution in [0.2, 0.25) is 0 Å². The van der Waals surface area contributed by atoms with Gasteiger partial charge in [-0.1, -0.05) is 20.4 Å². The summed E-state index contributed by atoms with van der Waals surface area (Å²) in [4.78, 5) is 14.3. The number of carbonyl (C=O) groups excluding carboxylic acids is 1. The highest BCUT2D eigenvalue weighted by atomic mass is 16.5. The molecule has 0 aliphatic heterocycles. The van der Waals surface area contributed by atoms with Crippen LogP contribution in [0.4, 0.5) is 0 Å². The van der Waals surface area contributed by atoms with Crippen molar-refractivity contribution in [2.75, 3.05) is 33.2 Å². The van der Waals surface area contributed by atoms with Crippen LogP contribution in [-0.4, -0.2) is 44.2 Å². The number of rotatable bonds is 8. The molecule has 6 heteroatoms. The number of aromatic amines is 1. The van der Waals surface area contributed by atoms with Crippen molar-refractivity contribution in [2.45, 2.75) is 34.1 Å². The van der Waals surface area contributed by atoms with Crippen LogP contribution in [0, 0.1) is 0 Å². The first-order valence-corrected chi connectivity index (χ1v) is 8.69. The zero-order valence-corrected chi connectivity index (χ0v) is 15.2. The maximum Gasteiger partial charge on any atom is 0.308 e. The Kier molecular flexibility index (Phi) is 12.4. The summed E-state index contributed by atoms with van der Waals surface area (Å²) in [6, 6.07) is 5.69. The number of carbonyl (C=O) groups is 1. The second-order valence-corrected chi connectivity index (χ2v) is 5.59. The fourth-order valence-electron chi connectivity index (χ4n) is 2.41.